The minimum Gasteiger partial charge on any atom is -0.465 e. The quantitative estimate of drug-likeness (QED) is 0.547. The highest BCUT2D eigenvalue weighted by Gasteiger charge is 2.12. The van der Waals surface area contributed by atoms with Crippen molar-refractivity contribution in [3.8, 4) is 5.75 Å². The summed E-state index contributed by atoms with van der Waals surface area (Å²) < 4.78 is 33.2. The molecule has 3 aromatic rings. The number of nitrogens with zero attached hydrogens (tertiary/aromatic N) is 1. The zero-order valence-corrected chi connectivity index (χ0v) is 15.8. The molecule has 0 saturated heterocycles. The summed E-state index contributed by atoms with van der Waals surface area (Å²) in [4.78, 5) is 28.0. The van der Waals surface area contributed by atoms with Gasteiger partial charge in [0.1, 0.15) is 11.4 Å². The smallest absolute Gasteiger partial charge is 0.387 e. The molecule has 0 bridgehead atoms. The number of hydrogen-bond acceptors (Lipinski definition) is 7. The summed E-state index contributed by atoms with van der Waals surface area (Å²) in [7, 11) is 1.29. The van der Waals surface area contributed by atoms with E-state index >= 15 is 0 Å². The first-order valence-corrected chi connectivity index (χ1v) is 9.09. The van der Waals surface area contributed by atoms with Crippen LogP contribution >= 0.6 is 11.3 Å². The maximum absolute atomic E-state index is 12.3. The van der Waals surface area contributed by atoms with Crippen LogP contribution in [0.2, 0.25) is 0 Å². The van der Waals surface area contributed by atoms with E-state index in [4.69, 9.17) is 0 Å². The van der Waals surface area contributed by atoms with Crippen molar-refractivity contribution in [2.75, 3.05) is 17.7 Å². The van der Waals surface area contributed by atoms with Gasteiger partial charge in [-0.15, -0.1) is 11.3 Å². The van der Waals surface area contributed by atoms with Crippen molar-refractivity contribution in [3.63, 3.8) is 0 Å². The Morgan fingerprint density at radius 2 is 1.69 bits per heavy atom. The molecule has 150 valence electrons. The van der Waals surface area contributed by atoms with E-state index < -0.39 is 18.5 Å². The van der Waals surface area contributed by atoms with Crippen molar-refractivity contribution in [2.45, 2.75) is 6.61 Å². The van der Waals surface area contributed by atoms with E-state index in [0.29, 0.717) is 22.1 Å². The summed E-state index contributed by atoms with van der Waals surface area (Å²) >= 11 is 1.21. The van der Waals surface area contributed by atoms with E-state index in [2.05, 4.69) is 25.1 Å². The zero-order valence-electron chi connectivity index (χ0n) is 15.0. The highest BCUT2D eigenvalue weighted by Crippen LogP contribution is 2.24. The summed E-state index contributed by atoms with van der Waals surface area (Å²) in [6.07, 6.45) is 0. The van der Waals surface area contributed by atoms with Gasteiger partial charge in [-0.25, -0.2) is 9.78 Å². The molecular formula is C19H15F2N3O4S. The number of carbonyl (C=O) groups is 2. The summed E-state index contributed by atoms with van der Waals surface area (Å²) in [5, 5.41) is 7.70. The lowest BCUT2D eigenvalue weighted by Crippen LogP contribution is -2.12. The second kappa shape index (κ2) is 9.11. The second-order valence-electron chi connectivity index (χ2n) is 5.59. The number of anilines is 3. The van der Waals surface area contributed by atoms with E-state index in [1.807, 2.05) is 0 Å². The molecule has 0 aliphatic rings. The molecule has 0 unspecified atom stereocenters. The Morgan fingerprint density at radius 3 is 2.31 bits per heavy atom. The number of benzene rings is 2. The lowest BCUT2D eigenvalue weighted by molar-refractivity contribution is -0.0498. The molecule has 1 aromatic heterocycles. The number of nitrogens with one attached hydrogen (secondary N) is 2. The second-order valence-corrected chi connectivity index (χ2v) is 6.45. The van der Waals surface area contributed by atoms with Gasteiger partial charge in [-0.05, 0) is 48.5 Å². The van der Waals surface area contributed by atoms with E-state index in [-0.39, 0.29) is 11.4 Å². The molecule has 0 spiro atoms. The van der Waals surface area contributed by atoms with Gasteiger partial charge in [-0.3, -0.25) is 4.79 Å². The van der Waals surface area contributed by atoms with Crippen LogP contribution in [0.25, 0.3) is 0 Å². The number of rotatable bonds is 7. The highest BCUT2D eigenvalue weighted by molar-refractivity contribution is 7.14. The SMILES string of the molecule is COC(=O)c1ccc(NC(=O)c2csc(Nc3ccc(OC(F)F)cc3)n2)cc1. The van der Waals surface area contributed by atoms with E-state index in [1.54, 1.807) is 29.6 Å². The Kier molecular flexibility index (Phi) is 6.35. The standard InChI is InChI=1S/C19H15F2N3O4S/c1-27-17(26)11-2-4-12(5-3-11)22-16(25)15-10-29-19(24-15)23-13-6-8-14(9-7-13)28-18(20)21/h2-10,18H,1H3,(H,22,25)(H,23,24). The molecule has 29 heavy (non-hydrogen) atoms. The third-order valence-electron chi connectivity index (χ3n) is 3.63. The van der Waals surface area contributed by atoms with Crippen LogP contribution < -0.4 is 15.4 Å². The van der Waals surface area contributed by atoms with Crippen molar-refractivity contribution < 1.29 is 27.8 Å². The zero-order chi connectivity index (χ0) is 20.8. The lowest BCUT2D eigenvalue weighted by atomic mass is 10.2. The van der Waals surface area contributed by atoms with Crippen LogP contribution in [0.4, 0.5) is 25.3 Å². The van der Waals surface area contributed by atoms with Gasteiger partial charge in [-0.2, -0.15) is 8.78 Å². The number of methoxy groups -OCH3 is 1. The molecule has 0 aliphatic carbocycles. The fourth-order valence-electron chi connectivity index (χ4n) is 2.28. The van der Waals surface area contributed by atoms with Crippen LogP contribution in [0, 0.1) is 0 Å². The Labute approximate surface area is 168 Å². The van der Waals surface area contributed by atoms with E-state index in [9.17, 15) is 18.4 Å². The Balaban J connectivity index is 1.60. The van der Waals surface area contributed by atoms with Crippen molar-refractivity contribution in [3.05, 3.63) is 65.2 Å². The topological polar surface area (TPSA) is 89.5 Å². The molecule has 1 heterocycles. The molecule has 0 radical (unpaired) electrons. The number of hydrogen-bond donors (Lipinski definition) is 2. The Morgan fingerprint density at radius 1 is 1.03 bits per heavy atom. The van der Waals surface area contributed by atoms with Gasteiger partial charge >= 0.3 is 12.6 Å². The van der Waals surface area contributed by atoms with Crippen LogP contribution in [0.3, 0.4) is 0 Å². The number of esters is 1. The molecule has 0 saturated carbocycles. The van der Waals surface area contributed by atoms with Crippen LogP contribution in [0.15, 0.2) is 53.9 Å². The third-order valence-corrected chi connectivity index (χ3v) is 4.39. The normalized spacial score (nSPS) is 10.5. The number of aromatic nitrogens is 1. The molecule has 2 aromatic carbocycles. The summed E-state index contributed by atoms with van der Waals surface area (Å²) in [5.41, 5.74) is 1.67. The van der Waals surface area contributed by atoms with Gasteiger partial charge in [-0.1, -0.05) is 0 Å². The highest BCUT2D eigenvalue weighted by atomic mass is 32.1. The first kappa shape index (κ1) is 20.2. The minimum atomic E-state index is -2.88. The number of amides is 1. The van der Waals surface area contributed by atoms with Gasteiger partial charge in [0.2, 0.25) is 0 Å². The van der Waals surface area contributed by atoms with Crippen LogP contribution in [-0.2, 0) is 4.74 Å². The molecule has 7 nitrogen and oxygen atoms in total. The number of alkyl halides is 2. The van der Waals surface area contributed by atoms with Gasteiger partial charge in [0.15, 0.2) is 5.13 Å². The molecule has 0 aliphatic heterocycles. The maximum Gasteiger partial charge on any atom is 0.387 e. The summed E-state index contributed by atoms with van der Waals surface area (Å²) in [6, 6.07) is 12.1. The van der Waals surface area contributed by atoms with Gasteiger partial charge in [0.05, 0.1) is 12.7 Å². The lowest BCUT2D eigenvalue weighted by Gasteiger charge is -2.06. The Bertz CT molecular complexity index is 991. The van der Waals surface area contributed by atoms with E-state index in [1.165, 1.54) is 42.7 Å². The van der Waals surface area contributed by atoms with Gasteiger partial charge < -0.3 is 20.1 Å². The van der Waals surface area contributed by atoms with Gasteiger partial charge in [0.25, 0.3) is 5.91 Å². The number of carbonyl (C=O) groups excluding carboxylic acids is 2. The Hall–Kier alpha value is -3.53. The first-order chi connectivity index (χ1) is 13.9. The molecule has 2 N–H and O–H groups in total. The van der Waals surface area contributed by atoms with Gasteiger partial charge in [0, 0.05) is 16.8 Å². The number of thiazole rings is 1. The van der Waals surface area contributed by atoms with Crippen LogP contribution in [0.1, 0.15) is 20.8 Å². The fraction of sp³-hybridized carbons (Fsp3) is 0.105. The maximum atomic E-state index is 12.3. The predicted octanol–water partition coefficient (Wildman–Crippen LogP) is 4.53. The summed E-state index contributed by atoms with van der Waals surface area (Å²) in [5.74, 6) is -0.837. The van der Waals surface area contributed by atoms with E-state index in [0.717, 1.165) is 0 Å². The molecule has 1 amide bonds. The number of ether oxygens (including phenoxy) is 2. The monoisotopic (exact) mass is 419 g/mol. The van der Waals surface area contributed by atoms with Crippen molar-refractivity contribution in [2.24, 2.45) is 0 Å². The molecule has 0 atom stereocenters. The minimum absolute atomic E-state index is 0.0444. The number of halogens is 2. The van der Waals surface area contributed by atoms with Crippen molar-refractivity contribution in [1.29, 1.82) is 0 Å². The summed E-state index contributed by atoms with van der Waals surface area (Å²) in [6.45, 7) is -2.88. The van der Waals surface area contributed by atoms with Crippen LogP contribution in [-0.4, -0.2) is 30.6 Å². The fourth-order valence-corrected chi connectivity index (χ4v) is 2.99. The first-order valence-electron chi connectivity index (χ1n) is 8.22. The molecule has 3 rings (SSSR count). The average Bonchev–Trinajstić information content (AvgIpc) is 3.18. The predicted molar refractivity (Wildman–Crippen MR) is 104 cm³/mol. The largest absolute Gasteiger partial charge is 0.465 e. The molecule has 10 heteroatoms. The molecule has 0 fully saturated rings. The van der Waals surface area contributed by atoms with Crippen molar-refractivity contribution >= 4 is 39.7 Å². The van der Waals surface area contributed by atoms with Crippen LogP contribution in [0.5, 0.6) is 5.75 Å². The average molecular weight is 419 g/mol. The molecular weight excluding hydrogens is 404 g/mol. The van der Waals surface area contributed by atoms with Crippen molar-refractivity contribution in [1.82, 2.24) is 4.98 Å². The third kappa shape index (κ3) is 5.48.